The van der Waals surface area contributed by atoms with Crippen molar-refractivity contribution in [1.82, 2.24) is 0 Å². The molecular formula is C12H14ClNO2. The summed E-state index contributed by atoms with van der Waals surface area (Å²) >= 11 is 6.25. The molecule has 86 valence electrons. The van der Waals surface area contributed by atoms with Crippen LogP contribution in [0.1, 0.15) is 30.0 Å². The molecule has 0 radical (unpaired) electrons. The molecule has 1 atom stereocenters. The van der Waals surface area contributed by atoms with Crippen LogP contribution in [0.4, 0.5) is 0 Å². The predicted octanol–water partition coefficient (Wildman–Crippen LogP) is 2.45. The summed E-state index contributed by atoms with van der Waals surface area (Å²) in [5, 5.41) is 0.759. The lowest BCUT2D eigenvalue weighted by molar-refractivity contribution is 0.168. The van der Waals surface area contributed by atoms with E-state index >= 15 is 0 Å². The van der Waals surface area contributed by atoms with Crippen LogP contribution >= 0.6 is 11.6 Å². The molecule has 16 heavy (non-hydrogen) atoms. The quantitative estimate of drug-likeness (QED) is 0.756. The molecule has 2 N–H and O–H groups in total. The summed E-state index contributed by atoms with van der Waals surface area (Å²) in [6.07, 6.45) is 3.06. The lowest BCUT2D eigenvalue weighted by atomic mass is 9.87. The molecule has 0 unspecified atom stereocenters. The number of ether oxygens (including phenoxy) is 2. The van der Waals surface area contributed by atoms with E-state index in [0.29, 0.717) is 13.2 Å². The first-order valence-electron chi connectivity index (χ1n) is 5.64. The van der Waals surface area contributed by atoms with Gasteiger partial charge in [-0.1, -0.05) is 11.6 Å². The molecule has 0 saturated carbocycles. The zero-order chi connectivity index (χ0) is 11.1. The molecule has 0 bridgehead atoms. The predicted molar refractivity (Wildman–Crippen MR) is 62.3 cm³/mol. The van der Waals surface area contributed by atoms with Gasteiger partial charge in [0, 0.05) is 22.7 Å². The lowest BCUT2D eigenvalue weighted by Gasteiger charge is -2.29. The summed E-state index contributed by atoms with van der Waals surface area (Å²) in [4.78, 5) is 0. The van der Waals surface area contributed by atoms with Crippen LogP contribution in [-0.2, 0) is 6.42 Å². The molecule has 0 amide bonds. The Balaban J connectivity index is 2.21. The highest BCUT2D eigenvalue weighted by molar-refractivity contribution is 6.31. The van der Waals surface area contributed by atoms with Crippen LogP contribution in [0.5, 0.6) is 11.5 Å². The lowest BCUT2D eigenvalue weighted by Crippen LogP contribution is -2.23. The fourth-order valence-electron chi connectivity index (χ4n) is 2.51. The summed E-state index contributed by atoms with van der Waals surface area (Å²) in [6.45, 7) is 1.17. The van der Waals surface area contributed by atoms with Crippen LogP contribution in [0.2, 0.25) is 5.02 Å². The van der Waals surface area contributed by atoms with Gasteiger partial charge in [-0.2, -0.15) is 0 Å². The minimum Gasteiger partial charge on any atom is -0.486 e. The Hall–Kier alpha value is -0.930. The SMILES string of the molecule is N[C@H]1CCCc2c(Cl)cc3c(c21)OCCO3. The largest absolute Gasteiger partial charge is 0.486 e. The first-order chi connectivity index (χ1) is 7.77. The minimum absolute atomic E-state index is 0.0258. The minimum atomic E-state index is 0.0258. The van der Waals surface area contributed by atoms with Crippen molar-refractivity contribution in [3.63, 3.8) is 0 Å². The number of halogens is 1. The van der Waals surface area contributed by atoms with Crippen molar-refractivity contribution < 1.29 is 9.47 Å². The monoisotopic (exact) mass is 239 g/mol. The highest BCUT2D eigenvalue weighted by atomic mass is 35.5. The molecule has 0 spiro atoms. The van der Waals surface area contributed by atoms with Crippen molar-refractivity contribution in [3.8, 4) is 11.5 Å². The van der Waals surface area contributed by atoms with E-state index in [2.05, 4.69) is 0 Å². The molecule has 3 nitrogen and oxygen atoms in total. The van der Waals surface area contributed by atoms with Crippen molar-refractivity contribution in [3.05, 3.63) is 22.2 Å². The first-order valence-corrected chi connectivity index (χ1v) is 6.01. The van der Waals surface area contributed by atoms with Gasteiger partial charge >= 0.3 is 0 Å². The number of fused-ring (bicyclic) bond motifs is 3. The van der Waals surface area contributed by atoms with Crippen LogP contribution in [0.25, 0.3) is 0 Å². The Morgan fingerprint density at radius 1 is 1.31 bits per heavy atom. The van der Waals surface area contributed by atoms with Gasteiger partial charge in [0.15, 0.2) is 11.5 Å². The van der Waals surface area contributed by atoms with E-state index < -0.39 is 0 Å². The third-order valence-electron chi connectivity index (χ3n) is 3.24. The Bertz CT molecular complexity index is 434. The third kappa shape index (κ3) is 1.46. The number of nitrogens with two attached hydrogens (primary N) is 1. The van der Waals surface area contributed by atoms with Crippen molar-refractivity contribution in [2.45, 2.75) is 25.3 Å². The van der Waals surface area contributed by atoms with Gasteiger partial charge in [-0.15, -0.1) is 0 Å². The van der Waals surface area contributed by atoms with Crippen LogP contribution in [0.15, 0.2) is 6.07 Å². The highest BCUT2D eigenvalue weighted by Gasteiger charge is 2.28. The van der Waals surface area contributed by atoms with Gasteiger partial charge < -0.3 is 15.2 Å². The van der Waals surface area contributed by atoms with E-state index in [1.54, 1.807) is 0 Å². The second kappa shape index (κ2) is 3.82. The topological polar surface area (TPSA) is 44.5 Å². The van der Waals surface area contributed by atoms with Crippen molar-refractivity contribution >= 4 is 11.6 Å². The number of hydrogen-bond donors (Lipinski definition) is 1. The molecule has 4 heteroatoms. The summed E-state index contributed by atoms with van der Waals surface area (Å²) < 4.78 is 11.2. The molecule has 1 aliphatic carbocycles. The van der Waals surface area contributed by atoms with Crippen LogP contribution < -0.4 is 15.2 Å². The van der Waals surface area contributed by atoms with Crippen molar-refractivity contribution in [2.24, 2.45) is 5.73 Å². The molecule has 0 saturated heterocycles. The molecule has 0 aromatic heterocycles. The Labute approximate surface area is 99.5 Å². The van der Waals surface area contributed by atoms with Crippen LogP contribution in [0, 0.1) is 0 Å². The van der Waals surface area contributed by atoms with E-state index in [4.69, 9.17) is 26.8 Å². The first kappa shape index (κ1) is 10.2. The average molecular weight is 240 g/mol. The van der Waals surface area contributed by atoms with Gasteiger partial charge in [0.25, 0.3) is 0 Å². The normalized spacial score (nSPS) is 22.8. The van der Waals surface area contributed by atoms with E-state index in [-0.39, 0.29) is 6.04 Å². The zero-order valence-electron chi connectivity index (χ0n) is 8.96. The maximum atomic E-state index is 6.25. The average Bonchev–Trinajstić information content (AvgIpc) is 2.30. The fraction of sp³-hybridized carbons (Fsp3) is 0.500. The smallest absolute Gasteiger partial charge is 0.166 e. The maximum Gasteiger partial charge on any atom is 0.166 e. The molecule has 1 heterocycles. The highest BCUT2D eigenvalue weighted by Crippen LogP contribution is 2.45. The maximum absolute atomic E-state index is 6.25. The van der Waals surface area contributed by atoms with Gasteiger partial charge in [0.2, 0.25) is 0 Å². The Kier molecular flexibility index (Phi) is 2.45. The molecule has 2 aliphatic rings. The fourth-order valence-corrected chi connectivity index (χ4v) is 2.80. The zero-order valence-corrected chi connectivity index (χ0v) is 9.72. The van der Waals surface area contributed by atoms with Gasteiger partial charge in [-0.25, -0.2) is 0 Å². The molecule has 1 aromatic carbocycles. The number of rotatable bonds is 0. The molecule has 0 fully saturated rings. The van der Waals surface area contributed by atoms with E-state index in [9.17, 15) is 0 Å². The molecule has 3 rings (SSSR count). The van der Waals surface area contributed by atoms with Crippen LogP contribution in [-0.4, -0.2) is 13.2 Å². The van der Waals surface area contributed by atoms with E-state index in [0.717, 1.165) is 46.9 Å². The van der Waals surface area contributed by atoms with E-state index in [1.165, 1.54) is 0 Å². The summed E-state index contributed by atoms with van der Waals surface area (Å²) in [5.41, 5.74) is 8.35. The summed E-state index contributed by atoms with van der Waals surface area (Å²) in [7, 11) is 0. The van der Waals surface area contributed by atoms with Crippen LogP contribution in [0.3, 0.4) is 0 Å². The molecule has 1 aliphatic heterocycles. The second-order valence-electron chi connectivity index (χ2n) is 4.27. The summed E-state index contributed by atoms with van der Waals surface area (Å²) in [5.74, 6) is 1.56. The standard InChI is InChI=1S/C12H14ClNO2/c13-8-6-10-12(16-5-4-15-10)11-7(8)2-1-3-9(11)14/h6,9H,1-5,14H2/t9-/m0/s1. The van der Waals surface area contributed by atoms with Gasteiger partial charge in [-0.05, 0) is 24.8 Å². The Morgan fingerprint density at radius 2 is 2.12 bits per heavy atom. The Morgan fingerprint density at radius 3 is 3.00 bits per heavy atom. The number of hydrogen-bond acceptors (Lipinski definition) is 3. The van der Waals surface area contributed by atoms with Gasteiger partial charge in [-0.3, -0.25) is 0 Å². The second-order valence-corrected chi connectivity index (χ2v) is 4.68. The van der Waals surface area contributed by atoms with Crippen molar-refractivity contribution in [2.75, 3.05) is 13.2 Å². The van der Waals surface area contributed by atoms with Crippen molar-refractivity contribution in [1.29, 1.82) is 0 Å². The van der Waals surface area contributed by atoms with Gasteiger partial charge in [0.05, 0.1) is 0 Å². The summed E-state index contributed by atoms with van der Waals surface area (Å²) in [6, 6.07) is 1.88. The number of benzene rings is 1. The molecule has 1 aromatic rings. The third-order valence-corrected chi connectivity index (χ3v) is 3.58. The molecular weight excluding hydrogens is 226 g/mol. The van der Waals surface area contributed by atoms with E-state index in [1.807, 2.05) is 6.07 Å². The van der Waals surface area contributed by atoms with Gasteiger partial charge in [0.1, 0.15) is 13.2 Å².